The van der Waals surface area contributed by atoms with Crippen LogP contribution < -0.4 is 5.73 Å². The van der Waals surface area contributed by atoms with E-state index in [0.717, 1.165) is 11.3 Å². The zero-order valence-electron chi connectivity index (χ0n) is 13.6. The van der Waals surface area contributed by atoms with Gasteiger partial charge in [-0.1, -0.05) is 12.1 Å². The third-order valence-corrected chi connectivity index (χ3v) is 4.26. The molecule has 0 radical (unpaired) electrons. The Bertz CT molecular complexity index is 656. The van der Waals surface area contributed by atoms with Crippen LogP contribution in [0, 0.1) is 0 Å². The summed E-state index contributed by atoms with van der Waals surface area (Å²) in [5, 5.41) is 10.3. The number of hydrogen-bond acceptors (Lipinski definition) is 5. The number of hydrogen-bond donors (Lipinski definition) is 3. The number of H-pyrrole nitrogens is 1. The van der Waals surface area contributed by atoms with Crippen molar-refractivity contribution in [3.8, 4) is 0 Å². The summed E-state index contributed by atoms with van der Waals surface area (Å²) >= 11 is 0. The number of aliphatic hydroxyl groups excluding tert-OH is 1. The fraction of sp³-hybridized carbons (Fsp3) is 0.412. The number of nitrogens with two attached hydrogens (primary N) is 1. The summed E-state index contributed by atoms with van der Waals surface area (Å²) in [5.41, 5.74) is 8.21. The monoisotopic (exact) mass is 329 g/mol. The van der Waals surface area contributed by atoms with Gasteiger partial charge >= 0.3 is 0 Å². The molecule has 1 aliphatic rings. The molecule has 1 amide bonds. The van der Waals surface area contributed by atoms with Gasteiger partial charge in [0.15, 0.2) is 0 Å². The number of carbonyl (C=O) groups excluding carboxylic acids is 1. The molecule has 0 spiro atoms. The minimum Gasteiger partial charge on any atom is -0.390 e. The van der Waals surface area contributed by atoms with Crippen LogP contribution in [0.2, 0.25) is 0 Å². The quantitative estimate of drug-likeness (QED) is 0.744. The summed E-state index contributed by atoms with van der Waals surface area (Å²) < 4.78 is 0. The molecule has 1 fully saturated rings. The Morgan fingerprint density at radius 3 is 2.75 bits per heavy atom. The number of imidazole rings is 1. The summed E-state index contributed by atoms with van der Waals surface area (Å²) in [6.45, 7) is 3.32. The lowest BCUT2D eigenvalue weighted by molar-refractivity contribution is 0.0663. The zero-order chi connectivity index (χ0) is 16.9. The SMILES string of the molecule is NCc1ccc(C(=O)N2CCN(Cc3cnc[nH]3)CC(O)C2)cc1. The summed E-state index contributed by atoms with van der Waals surface area (Å²) in [4.78, 5) is 23.6. The average Bonchev–Trinajstić information content (AvgIpc) is 3.03. The first-order chi connectivity index (χ1) is 11.7. The molecule has 4 N–H and O–H groups in total. The number of β-amino-alcohol motifs (C(OH)–C–C–N with tert-alkyl or cyclic N) is 1. The van der Waals surface area contributed by atoms with Crippen LogP contribution >= 0.6 is 0 Å². The highest BCUT2D eigenvalue weighted by Gasteiger charge is 2.25. The molecule has 1 saturated heterocycles. The first-order valence-electron chi connectivity index (χ1n) is 8.11. The second-order valence-corrected chi connectivity index (χ2v) is 6.12. The fourth-order valence-electron chi connectivity index (χ4n) is 2.96. The van der Waals surface area contributed by atoms with Crippen LogP contribution in [0.5, 0.6) is 0 Å². The normalized spacial score (nSPS) is 19.2. The van der Waals surface area contributed by atoms with Gasteiger partial charge in [-0.25, -0.2) is 4.98 Å². The van der Waals surface area contributed by atoms with E-state index in [9.17, 15) is 9.90 Å². The van der Waals surface area contributed by atoms with E-state index in [2.05, 4.69) is 14.9 Å². The van der Waals surface area contributed by atoms with E-state index in [1.807, 2.05) is 12.1 Å². The van der Waals surface area contributed by atoms with E-state index in [1.54, 1.807) is 29.6 Å². The van der Waals surface area contributed by atoms with Crippen LogP contribution in [0.4, 0.5) is 0 Å². The molecule has 3 rings (SSSR count). The molecule has 0 saturated carbocycles. The molecule has 1 atom stereocenters. The molecule has 0 aliphatic carbocycles. The van der Waals surface area contributed by atoms with E-state index < -0.39 is 6.10 Å². The highest BCUT2D eigenvalue weighted by atomic mass is 16.3. The van der Waals surface area contributed by atoms with Gasteiger partial charge in [-0.3, -0.25) is 9.69 Å². The highest BCUT2D eigenvalue weighted by Crippen LogP contribution is 2.12. The number of nitrogens with one attached hydrogen (secondary N) is 1. The van der Waals surface area contributed by atoms with Crippen molar-refractivity contribution in [2.24, 2.45) is 5.73 Å². The lowest BCUT2D eigenvalue weighted by Crippen LogP contribution is -2.37. The molecular weight excluding hydrogens is 306 g/mol. The zero-order valence-corrected chi connectivity index (χ0v) is 13.6. The lowest BCUT2D eigenvalue weighted by Gasteiger charge is -2.22. The van der Waals surface area contributed by atoms with Crippen molar-refractivity contribution in [1.29, 1.82) is 0 Å². The Labute approximate surface area is 141 Å². The van der Waals surface area contributed by atoms with Gasteiger partial charge in [0.05, 0.1) is 12.4 Å². The Morgan fingerprint density at radius 2 is 2.08 bits per heavy atom. The third-order valence-electron chi connectivity index (χ3n) is 4.26. The predicted octanol–water partition coefficient (Wildman–Crippen LogP) is 0.187. The van der Waals surface area contributed by atoms with Gasteiger partial charge in [-0.15, -0.1) is 0 Å². The Morgan fingerprint density at radius 1 is 1.29 bits per heavy atom. The standard InChI is InChI=1S/C17H23N5O2/c18-7-13-1-3-14(4-2-13)17(24)22-6-5-21(10-16(23)11-22)9-15-8-19-12-20-15/h1-4,8,12,16,23H,5-7,9-11,18H2,(H,19,20). The van der Waals surface area contributed by atoms with Gasteiger partial charge in [0.1, 0.15) is 0 Å². The number of aromatic amines is 1. The smallest absolute Gasteiger partial charge is 0.253 e. The maximum absolute atomic E-state index is 12.7. The van der Waals surface area contributed by atoms with E-state index in [1.165, 1.54) is 0 Å². The molecular formula is C17H23N5O2. The van der Waals surface area contributed by atoms with Gasteiger partial charge in [0.2, 0.25) is 0 Å². The van der Waals surface area contributed by atoms with Gasteiger partial charge in [-0.2, -0.15) is 0 Å². The summed E-state index contributed by atoms with van der Waals surface area (Å²) in [6.07, 6.45) is 2.85. The first-order valence-corrected chi connectivity index (χ1v) is 8.11. The molecule has 2 heterocycles. The van der Waals surface area contributed by atoms with Gasteiger partial charge < -0.3 is 20.7 Å². The molecule has 1 unspecified atom stereocenters. The summed E-state index contributed by atoms with van der Waals surface area (Å²) in [7, 11) is 0. The number of carbonyl (C=O) groups is 1. The molecule has 128 valence electrons. The van der Waals surface area contributed by atoms with Crippen LogP contribution in [0.15, 0.2) is 36.8 Å². The predicted molar refractivity (Wildman–Crippen MR) is 90.1 cm³/mol. The first kappa shape index (κ1) is 16.6. The minimum atomic E-state index is -0.567. The largest absolute Gasteiger partial charge is 0.390 e. The van der Waals surface area contributed by atoms with Gasteiger partial charge in [0.25, 0.3) is 5.91 Å². The van der Waals surface area contributed by atoms with Gasteiger partial charge in [0, 0.05) is 56.7 Å². The number of amides is 1. The van der Waals surface area contributed by atoms with Crippen LogP contribution in [0.1, 0.15) is 21.6 Å². The third kappa shape index (κ3) is 4.00. The van der Waals surface area contributed by atoms with Crippen LogP contribution in [0.3, 0.4) is 0 Å². The maximum Gasteiger partial charge on any atom is 0.253 e. The molecule has 7 nitrogen and oxygen atoms in total. The molecule has 1 aromatic heterocycles. The van der Waals surface area contributed by atoms with E-state index in [-0.39, 0.29) is 5.91 Å². The number of benzene rings is 1. The fourth-order valence-corrected chi connectivity index (χ4v) is 2.96. The van der Waals surface area contributed by atoms with E-state index in [0.29, 0.717) is 44.8 Å². The molecule has 7 heteroatoms. The van der Waals surface area contributed by atoms with Crippen molar-refractivity contribution in [2.45, 2.75) is 19.2 Å². The lowest BCUT2D eigenvalue weighted by atomic mass is 10.1. The van der Waals surface area contributed by atoms with E-state index in [4.69, 9.17) is 5.73 Å². The molecule has 1 aromatic carbocycles. The maximum atomic E-state index is 12.7. The summed E-state index contributed by atoms with van der Waals surface area (Å²) in [6, 6.07) is 7.33. The van der Waals surface area contributed by atoms with Crippen molar-refractivity contribution in [2.75, 3.05) is 26.2 Å². The van der Waals surface area contributed by atoms with Crippen molar-refractivity contribution >= 4 is 5.91 Å². The molecule has 24 heavy (non-hydrogen) atoms. The molecule has 0 bridgehead atoms. The number of nitrogens with zero attached hydrogens (tertiary/aromatic N) is 3. The number of rotatable bonds is 4. The Hall–Kier alpha value is -2.22. The second-order valence-electron chi connectivity index (χ2n) is 6.12. The highest BCUT2D eigenvalue weighted by molar-refractivity contribution is 5.94. The minimum absolute atomic E-state index is 0.0546. The Balaban J connectivity index is 1.64. The summed E-state index contributed by atoms with van der Waals surface area (Å²) in [5.74, 6) is -0.0546. The van der Waals surface area contributed by atoms with Crippen molar-refractivity contribution in [3.63, 3.8) is 0 Å². The van der Waals surface area contributed by atoms with E-state index >= 15 is 0 Å². The average molecular weight is 329 g/mol. The topological polar surface area (TPSA) is 98.5 Å². The number of aromatic nitrogens is 2. The van der Waals surface area contributed by atoms with Crippen molar-refractivity contribution in [1.82, 2.24) is 19.8 Å². The van der Waals surface area contributed by atoms with Crippen molar-refractivity contribution < 1.29 is 9.90 Å². The molecule has 2 aromatic rings. The Kier molecular flexibility index (Phi) is 5.24. The molecule has 1 aliphatic heterocycles. The van der Waals surface area contributed by atoms with Crippen LogP contribution in [-0.2, 0) is 13.1 Å². The van der Waals surface area contributed by atoms with Crippen LogP contribution in [-0.4, -0.2) is 63.1 Å². The van der Waals surface area contributed by atoms with Crippen LogP contribution in [0.25, 0.3) is 0 Å². The van der Waals surface area contributed by atoms with Gasteiger partial charge in [-0.05, 0) is 17.7 Å². The van der Waals surface area contributed by atoms with Crippen molar-refractivity contribution in [3.05, 3.63) is 53.6 Å². The number of aliphatic hydroxyl groups is 1. The second kappa shape index (κ2) is 7.57.